The SMILES string of the molecule is CC(C)NCCCc1nc2ccc(F)cc2s1. The number of hydrogen-bond donors (Lipinski definition) is 1. The van der Waals surface area contributed by atoms with E-state index >= 15 is 0 Å². The minimum absolute atomic E-state index is 0.186. The van der Waals surface area contributed by atoms with Gasteiger partial charge in [-0.05, 0) is 31.2 Å². The van der Waals surface area contributed by atoms with Crippen LogP contribution in [-0.4, -0.2) is 17.6 Å². The first-order chi connectivity index (χ1) is 8.15. The molecule has 0 saturated carbocycles. The highest BCUT2D eigenvalue weighted by Crippen LogP contribution is 2.23. The molecular weight excluding hydrogens is 235 g/mol. The van der Waals surface area contributed by atoms with E-state index in [9.17, 15) is 4.39 Å². The van der Waals surface area contributed by atoms with Crippen molar-refractivity contribution in [2.75, 3.05) is 6.54 Å². The average Bonchev–Trinajstić information content (AvgIpc) is 2.66. The second kappa shape index (κ2) is 5.56. The van der Waals surface area contributed by atoms with E-state index < -0.39 is 0 Å². The first kappa shape index (κ1) is 12.5. The van der Waals surface area contributed by atoms with Crippen molar-refractivity contribution in [3.8, 4) is 0 Å². The smallest absolute Gasteiger partial charge is 0.124 e. The van der Waals surface area contributed by atoms with Crippen LogP contribution in [0.1, 0.15) is 25.3 Å². The van der Waals surface area contributed by atoms with E-state index in [4.69, 9.17) is 0 Å². The molecule has 0 fully saturated rings. The fraction of sp³-hybridized carbons (Fsp3) is 0.462. The minimum Gasteiger partial charge on any atom is -0.315 e. The van der Waals surface area contributed by atoms with Crippen molar-refractivity contribution in [1.82, 2.24) is 10.3 Å². The summed E-state index contributed by atoms with van der Waals surface area (Å²) in [5.74, 6) is -0.186. The highest BCUT2D eigenvalue weighted by Gasteiger charge is 2.04. The summed E-state index contributed by atoms with van der Waals surface area (Å²) in [4.78, 5) is 4.49. The molecule has 0 bridgehead atoms. The summed E-state index contributed by atoms with van der Waals surface area (Å²) in [6.07, 6.45) is 2.03. The van der Waals surface area contributed by atoms with Crippen molar-refractivity contribution in [2.24, 2.45) is 0 Å². The van der Waals surface area contributed by atoms with Crippen molar-refractivity contribution in [1.29, 1.82) is 0 Å². The zero-order chi connectivity index (χ0) is 12.3. The van der Waals surface area contributed by atoms with Crippen LogP contribution in [0.4, 0.5) is 4.39 Å². The zero-order valence-electron chi connectivity index (χ0n) is 10.2. The van der Waals surface area contributed by atoms with E-state index in [0.29, 0.717) is 6.04 Å². The average molecular weight is 252 g/mol. The first-order valence-corrected chi connectivity index (χ1v) is 6.75. The van der Waals surface area contributed by atoms with E-state index in [2.05, 4.69) is 24.1 Å². The summed E-state index contributed by atoms with van der Waals surface area (Å²) in [7, 11) is 0. The van der Waals surface area contributed by atoms with E-state index in [1.54, 1.807) is 23.5 Å². The number of fused-ring (bicyclic) bond motifs is 1. The van der Waals surface area contributed by atoms with Gasteiger partial charge in [0.2, 0.25) is 0 Å². The molecule has 0 aliphatic heterocycles. The second-order valence-corrected chi connectivity index (χ2v) is 5.55. The van der Waals surface area contributed by atoms with Crippen LogP contribution in [0.15, 0.2) is 18.2 Å². The summed E-state index contributed by atoms with van der Waals surface area (Å²) in [5, 5.41) is 4.47. The normalized spacial score (nSPS) is 11.5. The van der Waals surface area contributed by atoms with E-state index in [-0.39, 0.29) is 5.82 Å². The molecule has 1 aromatic heterocycles. The Balaban J connectivity index is 1.95. The number of hydrogen-bond acceptors (Lipinski definition) is 3. The van der Waals surface area contributed by atoms with Gasteiger partial charge >= 0.3 is 0 Å². The molecule has 2 rings (SSSR count). The van der Waals surface area contributed by atoms with Gasteiger partial charge in [-0.3, -0.25) is 0 Å². The number of aryl methyl sites for hydroxylation is 1. The quantitative estimate of drug-likeness (QED) is 0.825. The standard InChI is InChI=1S/C13H17FN2S/c1-9(2)15-7-3-4-13-16-11-6-5-10(14)8-12(11)17-13/h5-6,8-9,15H,3-4,7H2,1-2H3. The van der Waals surface area contributed by atoms with Crippen LogP contribution in [0.3, 0.4) is 0 Å². The Hall–Kier alpha value is -1.000. The van der Waals surface area contributed by atoms with Crippen LogP contribution in [0.2, 0.25) is 0 Å². The molecule has 0 radical (unpaired) electrons. The molecular formula is C13H17FN2S. The number of rotatable bonds is 5. The summed E-state index contributed by atoms with van der Waals surface area (Å²) in [6, 6.07) is 5.30. The number of nitrogens with zero attached hydrogens (tertiary/aromatic N) is 1. The van der Waals surface area contributed by atoms with E-state index in [0.717, 1.165) is 34.6 Å². The summed E-state index contributed by atoms with van der Waals surface area (Å²) >= 11 is 1.59. The van der Waals surface area contributed by atoms with Gasteiger partial charge in [-0.25, -0.2) is 9.37 Å². The Kier molecular flexibility index (Phi) is 4.07. The van der Waals surface area contributed by atoms with Crippen molar-refractivity contribution < 1.29 is 4.39 Å². The van der Waals surface area contributed by atoms with Gasteiger partial charge < -0.3 is 5.32 Å². The van der Waals surface area contributed by atoms with Crippen molar-refractivity contribution >= 4 is 21.6 Å². The lowest BCUT2D eigenvalue weighted by molar-refractivity contribution is 0.570. The predicted molar refractivity (Wildman–Crippen MR) is 71.0 cm³/mol. The minimum atomic E-state index is -0.186. The van der Waals surface area contributed by atoms with Gasteiger partial charge in [-0.1, -0.05) is 13.8 Å². The summed E-state index contributed by atoms with van der Waals surface area (Å²) < 4.78 is 14.0. The lowest BCUT2D eigenvalue weighted by atomic mass is 10.3. The molecule has 17 heavy (non-hydrogen) atoms. The lowest BCUT2D eigenvalue weighted by Gasteiger charge is -2.05. The first-order valence-electron chi connectivity index (χ1n) is 5.93. The third-order valence-corrected chi connectivity index (χ3v) is 3.59. The van der Waals surface area contributed by atoms with Gasteiger partial charge in [0.25, 0.3) is 0 Å². The maximum absolute atomic E-state index is 13.0. The third-order valence-electron chi connectivity index (χ3n) is 2.51. The Morgan fingerprint density at radius 1 is 1.41 bits per heavy atom. The molecule has 0 atom stereocenters. The molecule has 0 spiro atoms. The summed E-state index contributed by atoms with van der Waals surface area (Å²) in [5.41, 5.74) is 0.906. The fourth-order valence-electron chi connectivity index (χ4n) is 1.68. The molecule has 1 aromatic carbocycles. The van der Waals surface area contributed by atoms with Crippen LogP contribution in [-0.2, 0) is 6.42 Å². The maximum Gasteiger partial charge on any atom is 0.124 e. The molecule has 1 N–H and O–H groups in total. The topological polar surface area (TPSA) is 24.9 Å². The summed E-state index contributed by atoms with van der Waals surface area (Å²) in [6.45, 7) is 5.28. The fourth-order valence-corrected chi connectivity index (χ4v) is 2.72. The van der Waals surface area contributed by atoms with Crippen molar-refractivity contribution in [3.05, 3.63) is 29.0 Å². The number of thiazole rings is 1. The van der Waals surface area contributed by atoms with Gasteiger partial charge in [0.05, 0.1) is 15.2 Å². The Morgan fingerprint density at radius 2 is 2.24 bits per heavy atom. The van der Waals surface area contributed by atoms with E-state index in [1.165, 1.54) is 6.07 Å². The van der Waals surface area contributed by atoms with Crippen LogP contribution >= 0.6 is 11.3 Å². The Labute approximate surface area is 105 Å². The molecule has 2 nitrogen and oxygen atoms in total. The van der Waals surface area contributed by atoms with Gasteiger partial charge in [-0.15, -0.1) is 11.3 Å². The molecule has 0 amide bonds. The molecule has 92 valence electrons. The van der Waals surface area contributed by atoms with Crippen LogP contribution < -0.4 is 5.32 Å². The van der Waals surface area contributed by atoms with E-state index in [1.807, 2.05) is 0 Å². The van der Waals surface area contributed by atoms with Crippen LogP contribution in [0, 0.1) is 5.82 Å². The lowest BCUT2D eigenvalue weighted by Crippen LogP contribution is -2.23. The monoisotopic (exact) mass is 252 g/mol. The largest absolute Gasteiger partial charge is 0.315 e. The Bertz CT molecular complexity index is 493. The molecule has 2 aromatic rings. The van der Waals surface area contributed by atoms with Gasteiger partial charge in [-0.2, -0.15) is 0 Å². The van der Waals surface area contributed by atoms with Gasteiger partial charge in [0.15, 0.2) is 0 Å². The number of benzene rings is 1. The number of nitrogens with one attached hydrogen (secondary N) is 1. The number of halogens is 1. The highest BCUT2D eigenvalue weighted by atomic mass is 32.1. The highest BCUT2D eigenvalue weighted by molar-refractivity contribution is 7.18. The van der Waals surface area contributed by atoms with Crippen molar-refractivity contribution in [3.63, 3.8) is 0 Å². The zero-order valence-corrected chi connectivity index (χ0v) is 11.0. The van der Waals surface area contributed by atoms with Crippen molar-refractivity contribution in [2.45, 2.75) is 32.7 Å². The molecule has 1 heterocycles. The Morgan fingerprint density at radius 3 is 3.00 bits per heavy atom. The molecule has 0 aliphatic rings. The van der Waals surface area contributed by atoms with Crippen LogP contribution in [0.25, 0.3) is 10.2 Å². The maximum atomic E-state index is 13.0. The molecule has 0 saturated heterocycles. The van der Waals surface area contributed by atoms with Crippen LogP contribution in [0.5, 0.6) is 0 Å². The number of aromatic nitrogens is 1. The molecule has 0 aliphatic carbocycles. The predicted octanol–water partition coefficient (Wildman–Crippen LogP) is 3.37. The second-order valence-electron chi connectivity index (χ2n) is 4.43. The third kappa shape index (κ3) is 3.48. The molecule has 0 unspecified atom stereocenters. The van der Waals surface area contributed by atoms with Gasteiger partial charge in [0, 0.05) is 12.5 Å². The van der Waals surface area contributed by atoms with Gasteiger partial charge in [0.1, 0.15) is 5.82 Å². The molecule has 4 heteroatoms.